The standard InChI is InChI=1S/C23H19NO5/c25-22-12-16(14-24(22)17-8-9-20-21(13-17)28-11-10-27-20)23(26)29-19-7-3-5-15-4-1-2-6-18(15)19/h1-9,13,16H,10-12,14H2. The van der Waals surface area contributed by atoms with Gasteiger partial charge in [-0.05, 0) is 23.6 Å². The minimum absolute atomic E-state index is 0.110. The van der Waals surface area contributed by atoms with E-state index in [1.165, 1.54) is 0 Å². The summed E-state index contributed by atoms with van der Waals surface area (Å²) in [5, 5.41) is 1.87. The molecule has 6 nitrogen and oxygen atoms in total. The molecule has 5 rings (SSSR count). The molecule has 3 aromatic rings. The quantitative estimate of drug-likeness (QED) is 0.506. The molecule has 0 bridgehead atoms. The number of hydrogen-bond acceptors (Lipinski definition) is 5. The molecule has 0 spiro atoms. The maximum Gasteiger partial charge on any atom is 0.316 e. The Labute approximate surface area is 167 Å². The summed E-state index contributed by atoms with van der Waals surface area (Å²) in [6.45, 7) is 1.27. The maximum atomic E-state index is 12.8. The number of carbonyl (C=O) groups excluding carboxylic acids is 2. The maximum absolute atomic E-state index is 12.8. The van der Waals surface area contributed by atoms with Crippen LogP contribution in [0.2, 0.25) is 0 Å². The monoisotopic (exact) mass is 389 g/mol. The van der Waals surface area contributed by atoms with Crippen LogP contribution in [0, 0.1) is 5.92 Å². The van der Waals surface area contributed by atoms with Gasteiger partial charge in [-0.3, -0.25) is 9.59 Å². The van der Waals surface area contributed by atoms with E-state index in [4.69, 9.17) is 14.2 Å². The van der Waals surface area contributed by atoms with Crippen molar-refractivity contribution in [1.82, 2.24) is 0 Å². The van der Waals surface area contributed by atoms with Crippen LogP contribution in [0.4, 0.5) is 5.69 Å². The molecule has 29 heavy (non-hydrogen) atoms. The van der Waals surface area contributed by atoms with Gasteiger partial charge in [0.1, 0.15) is 19.0 Å². The second-order valence-corrected chi connectivity index (χ2v) is 7.13. The van der Waals surface area contributed by atoms with Crippen molar-refractivity contribution in [2.45, 2.75) is 6.42 Å². The molecule has 0 saturated carbocycles. The van der Waals surface area contributed by atoms with Gasteiger partial charge in [-0.15, -0.1) is 0 Å². The van der Waals surface area contributed by atoms with Crippen LogP contribution in [-0.4, -0.2) is 31.6 Å². The Kier molecular flexibility index (Phi) is 4.31. The van der Waals surface area contributed by atoms with Gasteiger partial charge in [-0.25, -0.2) is 0 Å². The average molecular weight is 389 g/mol. The van der Waals surface area contributed by atoms with E-state index in [2.05, 4.69) is 0 Å². The van der Waals surface area contributed by atoms with E-state index in [1.807, 2.05) is 42.5 Å². The van der Waals surface area contributed by atoms with Crippen molar-refractivity contribution in [3.05, 3.63) is 60.7 Å². The summed E-state index contributed by atoms with van der Waals surface area (Å²) in [5.41, 5.74) is 0.694. The van der Waals surface area contributed by atoms with Crippen LogP contribution in [0.3, 0.4) is 0 Å². The second kappa shape index (κ2) is 7.13. The van der Waals surface area contributed by atoms with Crippen molar-refractivity contribution in [2.24, 2.45) is 5.92 Å². The number of amides is 1. The molecule has 1 amide bonds. The van der Waals surface area contributed by atoms with E-state index >= 15 is 0 Å². The number of hydrogen-bond donors (Lipinski definition) is 0. The van der Waals surface area contributed by atoms with Crippen LogP contribution in [0.5, 0.6) is 17.2 Å². The van der Waals surface area contributed by atoms with Gasteiger partial charge in [0.05, 0.1) is 5.92 Å². The number of nitrogens with zero attached hydrogens (tertiary/aromatic N) is 1. The highest BCUT2D eigenvalue weighted by Crippen LogP contribution is 2.36. The van der Waals surface area contributed by atoms with E-state index < -0.39 is 11.9 Å². The average Bonchev–Trinajstić information content (AvgIpc) is 3.15. The van der Waals surface area contributed by atoms with Crippen LogP contribution >= 0.6 is 0 Å². The molecule has 0 N–H and O–H groups in total. The first-order valence-electron chi connectivity index (χ1n) is 9.58. The number of esters is 1. The summed E-state index contributed by atoms with van der Waals surface area (Å²) in [6.07, 6.45) is 0.123. The molecule has 3 aromatic carbocycles. The molecule has 2 heterocycles. The SMILES string of the molecule is O=C(Oc1cccc2ccccc12)C1CC(=O)N(c2ccc3c(c2)OCCO3)C1. The molecular weight excluding hydrogens is 370 g/mol. The molecule has 1 atom stereocenters. The van der Waals surface area contributed by atoms with Gasteiger partial charge in [-0.2, -0.15) is 0 Å². The first-order valence-corrected chi connectivity index (χ1v) is 9.58. The van der Waals surface area contributed by atoms with Crippen LogP contribution in [0.1, 0.15) is 6.42 Å². The first kappa shape index (κ1) is 17.6. The Morgan fingerprint density at radius 3 is 2.66 bits per heavy atom. The van der Waals surface area contributed by atoms with Gasteiger partial charge in [-0.1, -0.05) is 36.4 Å². The van der Waals surface area contributed by atoms with Crippen molar-refractivity contribution >= 4 is 28.3 Å². The smallest absolute Gasteiger partial charge is 0.316 e. The fourth-order valence-electron chi connectivity index (χ4n) is 3.79. The number of carbonyl (C=O) groups is 2. The minimum Gasteiger partial charge on any atom is -0.486 e. The van der Waals surface area contributed by atoms with E-state index in [0.717, 1.165) is 10.8 Å². The van der Waals surface area contributed by atoms with Gasteiger partial charge in [0.2, 0.25) is 5.91 Å². The fraction of sp³-hybridized carbons (Fsp3) is 0.217. The molecule has 2 aliphatic heterocycles. The molecule has 0 aromatic heterocycles. The third kappa shape index (κ3) is 3.27. The molecule has 0 radical (unpaired) electrons. The van der Waals surface area contributed by atoms with E-state index in [9.17, 15) is 9.59 Å². The number of ether oxygens (including phenoxy) is 3. The zero-order chi connectivity index (χ0) is 19.8. The van der Waals surface area contributed by atoms with Crippen LogP contribution < -0.4 is 19.1 Å². The van der Waals surface area contributed by atoms with Gasteiger partial charge in [0, 0.05) is 30.1 Å². The highest BCUT2D eigenvalue weighted by atomic mass is 16.6. The molecule has 1 fully saturated rings. The van der Waals surface area contributed by atoms with E-state index in [1.54, 1.807) is 23.1 Å². The lowest BCUT2D eigenvalue weighted by molar-refractivity contribution is -0.138. The van der Waals surface area contributed by atoms with Crippen molar-refractivity contribution in [2.75, 3.05) is 24.7 Å². The van der Waals surface area contributed by atoms with Gasteiger partial charge in [0.25, 0.3) is 0 Å². The normalized spacial score (nSPS) is 18.1. The first-order chi connectivity index (χ1) is 14.2. The minimum atomic E-state index is -0.519. The van der Waals surface area contributed by atoms with Crippen LogP contribution in [0.25, 0.3) is 10.8 Å². The summed E-state index contributed by atoms with van der Waals surface area (Å²) in [6, 6.07) is 18.7. The largest absolute Gasteiger partial charge is 0.486 e. The van der Waals surface area contributed by atoms with Crippen molar-refractivity contribution in [3.8, 4) is 17.2 Å². The molecule has 1 saturated heterocycles. The summed E-state index contributed by atoms with van der Waals surface area (Å²) in [5.74, 6) is 0.770. The lowest BCUT2D eigenvalue weighted by atomic mass is 10.1. The Morgan fingerprint density at radius 2 is 1.76 bits per heavy atom. The third-order valence-electron chi connectivity index (χ3n) is 5.26. The molecule has 2 aliphatic rings. The molecule has 6 heteroatoms. The Morgan fingerprint density at radius 1 is 0.966 bits per heavy atom. The van der Waals surface area contributed by atoms with Gasteiger partial charge < -0.3 is 19.1 Å². The number of rotatable bonds is 3. The molecular formula is C23H19NO5. The second-order valence-electron chi connectivity index (χ2n) is 7.13. The Balaban J connectivity index is 1.34. The summed E-state index contributed by atoms with van der Waals surface area (Å²) < 4.78 is 16.8. The summed E-state index contributed by atoms with van der Waals surface area (Å²) in [4.78, 5) is 26.9. The highest BCUT2D eigenvalue weighted by molar-refractivity contribution is 6.00. The lowest BCUT2D eigenvalue weighted by Gasteiger charge is -2.22. The van der Waals surface area contributed by atoms with E-state index in [0.29, 0.717) is 36.1 Å². The van der Waals surface area contributed by atoms with Crippen LogP contribution in [-0.2, 0) is 9.59 Å². The number of anilines is 1. The van der Waals surface area contributed by atoms with Crippen LogP contribution in [0.15, 0.2) is 60.7 Å². The Bertz CT molecular complexity index is 1100. The zero-order valence-electron chi connectivity index (χ0n) is 15.7. The fourth-order valence-corrected chi connectivity index (χ4v) is 3.79. The van der Waals surface area contributed by atoms with Gasteiger partial charge >= 0.3 is 5.97 Å². The summed E-state index contributed by atoms with van der Waals surface area (Å²) in [7, 11) is 0. The van der Waals surface area contributed by atoms with Crippen molar-refractivity contribution < 1.29 is 23.8 Å². The zero-order valence-corrected chi connectivity index (χ0v) is 15.7. The predicted octanol–water partition coefficient (Wildman–Crippen LogP) is 3.57. The summed E-state index contributed by atoms with van der Waals surface area (Å²) >= 11 is 0. The topological polar surface area (TPSA) is 65.1 Å². The molecule has 0 aliphatic carbocycles. The molecule has 146 valence electrons. The Hall–Kier alpha value is -3.54. The van der Waals surface area contributed by atoms with Crippen molar-refractivity contribution in [1.29, 1.82) is 0 Å². The number of benzene rings is 3. The van der Waals surface area contributed by atoms with Gasteiger partial charge in [0.15, 0.2) is 11.5 Å². The lowest BCUT2D eigenvalue weighted by Crippen LogP contribution is -2.27. The third-order valence-corrected chi connectivity index (χ3v) is 5.26. The van der Waals surface area contributed by atoms with E-state index in [-0.39, 0.29) is 18.9 Å². The number of fused-ring (bicyclic) bond motifs is 2. The highest BCUT2D eigenvalue weighted by Gasteiger charge is 2.37. The van der Waals surface area contributed by atoms with Crippen molar-refractivity contribution in [3.63, 3.8) is 0 Å². The predicted molar refractivity (Wildman–Crippen MR) is 107 cm³/mol. The molecule has 1 unspecified atom stereocenters.